The second-order valence-corrected chi connectivity index (χ2v) is 7.63. The van der Waals surface area contributed by atoms with E-state index in [1.807, 2.05) is 6.07 Å². The third-order valence-electron chi connectivity index (χ3n) is 4.50. The van der Waals surface area contributed by atoms with Crippen LogP contribution in [0.4, 0.5) is 5.69 Å². The molecule has 1 amide bonds. The fourth-order valence-corrected chi connectivity index (χ4v) is 3.27. The quantitative estimate of drug-likeness (QED) is 0.309. The van der Waals surface area contributed by atoms with E-state index < -0.39 is 11.5 Å². The number of halogens is 2. The van der Waals surface area contributed by atoms with Gasteiger partial charge in [-0.2, -0.15) is 10.2 Å². The van der Waals surface area contributed by atoms with E-state index >= 15 is 0 Å². The van der Waals surface area contributed by atoms with E-state index in [0.29, 0.717) is 27.1 Å². The predicted octanol–water partition coefficient (Wildman–Crippen LogP) is 5.34. The number of carbonyl (C=O) groups is 1. The molecule has 2 heterocycles. The highest BCUT2D eigenvalue weighted by atomic mass is 35.5. The summed E-state index contributed by atoms with van der Waals surface area (Å²) in [4.78, 5) is 30.3. The maximum Gasteiger partial charge on any atom is 0.269 e. The summed E-state index contributed by atoms with van der Waals surface area (Å²) in [5, 5.41) is 13.1. The number of amides is 1. The SMILES string of the molecule is N#C/C(=C/c1c(Oc2ccc(Cl)cc2)nc2ccccn2c1=O)C(=O)Nc1cccc(Cl)c1. The molecule has 4 aromatic rings. The molecule has 0 aliphatic carbocycles. The molecule has 0 spiro atoms. The summed E-state index contributed by atoms with van der Waals surface area (Å²) in [6, 6.07) is 19.8. The Labute approximate surface area is 198 Å². The zero-order valence-electron chi connectivity index (χ0n) is 16.8. The number of aromatic nitrogens is 2. The summed E-state index contributed by atoms with van der Waals surface area (Å²) in [5.41, 5.74) is -0.143. The Balaban J connectivity index is 1.79. The van der Waals surface area contributed by atoms with Crippen LogP contribution in [0.15, 0.2) is 83.3 Å². The minimum atomic E-state index is -0.713. The minimum absolute atomic E-state index is 0.0585. The molecule has 2 aromatic heterocycles. The number of nitrogens with zero attached hydrogens (tertiary/aromatic N) is 3. The number of fused-ring (bicyclic) bond motifs is 1. The Morgan fingerprint density at radius 3 is 2.58 bits per heavy atom. The normalized spacial score (nSPS) is 11.1. The Bertz CT molecular complexity index is 1490. The van der Waals surface area contributed by atoms with Crippen LogP contribution in [0, 0.1) is 11.3 Å². The molecule has 7 nitrogen and oxygen atoms in total. The fourth-order valence-electron chi connectivity index (χ4n) is 2.96. The van der Waals surface area contributed by atoms with Crippen molar-refractivity contribution in [2.24, 2.45) is 0 Å². The number of ether oxygens (including phenoxy) is 1. The fraction of sp³-hybridized carbons (Fsp3) is 0. The van der Waals surface area contributed by atoms with Gasteiger partial charge in [0.1, 0.15) is 28.6 Å². The minimum Gasteiger partial charge on any atom is -0.438 e. The highest BCUT2D eigenvalue weighted by molar-refractivity contribution is 6.31. The van der Waals surface area contributed by atoms with Gasteiger partial charge in [-0.05, 0) is 60.7 Å². The van der Waals surface area contributed by atoms with Gasteiger partial charge in [0.15, 0.2) is 0 Å². The van der Waals surface area contributed by atoms with Crippen molar-refractivity contribution in [3.05, 3.63) is 104 Å². The molecule has 0 saturated heterocycles. The van der Waals surface area contributed by atoms with Gasteiger partial charge in [0.25, 0.3) is 11.5 Å². The van der Waals surface area contributed by atoms with Crippen LogP contribution in [0.25, 0.3) is 11.7 Å². The number of pyridine rings is 1. The van der Waals surface area contributed by atoms with Crippen LogP contribution in [-0.2, 0) is 4.79 Å². The molecule has 0 fully saturated rings. The largest absolute Gasteiger partial charge is 0.438 e. The number of rotatable bonds is 5. The average molecular weight is 477 g/mol. The monoisotopic (exact) mass is 476 g/mol. The van der Waals surface area contributed by atoms with Crippen molar-refractivity contribution in [1.82, 2.24) is 9.38 Å². The molecule has 0 unspecified atom stereocenters. The van der Waals surface area contributed by atoms with Gasteiger partial charge in [-0.15, -0.1) is 0 Å². The number of hydrogen-bond donors (Lipinski definition) is 1. The van der Waals surface area contributed by atoms with Crippen molar-refractivity contribution in [3.8, 4) is 17.7 Å². The van der Waals surface area contributed by atoms with E-state index in [1.54, 1.807) is 60.7 Å². The van der Waals surface area contributed by atoms with Crippen molar-refractivity contribution in [2.45, 2.75) is 0 Å². The van der Waals surface area contributed by atoms with Crippen molar-refractivity contribution in [1.29, 1.82) is 5.26 Å². The number of hydrogen-bond acceptors (Lipinski definition) is 5. The summed E-state index contributed by atoms with van der Waals surface area (Å²) >= 11 is 11.9. The molecular formula is C24H14Cl2N4O3. The van der Waals surface area contributed by atoms with Crippen molar-refractivity contribution >= 4 is 46.5 Å². The molecule has 0 radical (unpaired) electrons. The van der Waals surface area contributed by atoms with Gasteiger partial charge < -0.3 is 10.1 Å². The van der Waals surface area contributed by atoms with Crippen LogP contribution < -0.4 is 15.6 Å². The molecule has 0 aliphatic rings. The topological polar surface area (TPSA) is 96.5 Å². The summed E-state index contributed by atoms with van der Waals surface area (Å²) < 4.78 is 7.12. The molecule has 1 N–H and O–H groups in total. The number of carbonyl (C=O) groups excluding carboxylic acids is 1. The van der Waals surface area contributed by atoms with Gasteiger partial charge in [0.05, 0.1) is 0 Å². The van der Waals surface area contributed by atoms with Crippen molar-refractivity contribution in [2.75, 3.05) is 5.32 Å². The Kier molecular flexibility index (Phi) is 6.41. The number of benzene rings is 2. The standard InChI is InChI=1S/C24H14Cl2N4O3/c25-16-7-9-19(10-8-16)33-23-20(24(32)30-11-2-1-6-21(30)29-23)12-15(14-27)22(31)28-18-5-3-4-17(26)13-18/h1-13H,(H,28,31)/b15-12-. The van der Waals surface area contributed by atoms with Crippen LogP contribution in [0.1, 0.15) is 5.56 Å². The van der Waals surface area contributed by atoms with Gasteiger partial charge in [0, 0.05) is 21.9 Å². The van der Waals surface area contributed by atoms with Crippen LogP contribution in [-0.4, -0.2) is 15.3 Å². The van der Waals surface area contributed by atoms with Crippen LogP contribution in [0.5, 0.6) is 11.6 Å². The van der Waals surface area contributed by atoms with E-state index in [1.165, 1.54) is 16.7 Å². The predicted molar refractivity (Wildman–Crippen MR) is 127 cm³/mol. The maximum atomic E-state index is 13.2. The average Bonchev–Trinajstić information content (AvgIpc) is 2.80. The number of nitrogens with one attached hydrogen (secondary N) is 1. The zero-order valence-corrected chi connectivity index (χ0v) is 18.3. The second-order valence-electron chi connectivity index (χ2n) is 6.75. The summed E-state index contributed by atoms with van der Waals surface area (Å²) in [5.74, 6) is -0.394. The molecule has 0 bridgehead atoms. The number of nitriles is 1. The van der Waals surface area contributed by atoms with Gasteiger partial charge in [-0.3, -0.25) is 14.0 Å². The zero-order chi connectivity index (χ0) is 23.4. The third kappa shape index (κ3) is 5.04. The lowest BCUT2D eigenvalue weighted by Crippen LogP contribution is -2.20. The van der Waals surface area contributed by atoms with Gasteiger partial charge in [-0.1, -0.05) is 35.3 Å². The lowest BCUT2D eigenvalue weighted by molar-refractivity contribution is -0.112. The first-order valence-corrected chi connectivity index (χ1v) is 10.3. The van der Waals surface area contributed by atoms with E-state index in [0.717, 1.165) is 6.08 Å². The first-order valence-electron chi connectivity index (χ1n) is 9.58. The lowest BCUT2D eigenvalue weighted by atomic mass is 10.1. The molecule has 0 aliphatic heterocycles. The van der Waals surface area contributed by atoms with E-state index in [-0.39, 0.29) is 17.0 Å². The Morgan fingerprint density at radius 1 is 1.06 bits per heavy atom. The van der Waals surface area contributed by atoms with Crippen molar-refractivity contribution < 1.29 is 9.53 Å². The van der Waals surface area contributed by atoms with Crippen molar-refractivity contribution in [3.63, 3.8) is 0 Å². The molecule has 9 heteroatoms. The molecule has 162 valence electrons. The van der Waals surface area contributed by atoms with Gasteiger partial charge in [0.2, 0.25) is 5.88 Å². The molecule has 0 atom stereocenters. The van der Waals surface area contributed by atoms with E-state index in [2.05, 4.69) is 10.3 Å². The molecule has 33 heavy (non-hydrogen) atoms. The lowest BCUT2D eigenvalue weighted by Gasteiger charge is -2.10. The van der Waals surface area contributed by atoms with Crippen LogP contribution in [0.3, 0.4) is 0 Å². The molecule has 2 aromatic carbocycles. The van der Waals surface area contributed by atoms with Crippen LogP contribution in [0.2, 0.25) is 10.0 Å². The number of anilines is 1. The second kappa shape index (κ2) is 9.57. The Hall–Kier alpha value is -4.12. The van der Waals surface area contributed by atoms with Crippen LogP contribution >= 0.6 is 23.2 Å². The first-order chi connectivity index (χ1) is 15.9. The molecule has 4 rings (SSSR count). The van der Waals surface area contributed by atoms with E-state index in [9.17, 15) is 14.9 Å². The molecule has 0 saturated carbocycles. The first kappa shape index (κ1) is 22.1. The van der Waals surface area contributed by atoms with Gasteiger partial charge in [-0.25, -0.2) is 0 Å². The highest BCUT2D eigenvalue weighted by Crippen LogP contribution is 2.25. The van der Waals surface area contributed by atoms with Gasteiger partial charge >= 0.3 is 0 Å². The Morgan fingerprint density at radius 2 is 1.85 bits per heavy atom. The highest BCUT2D eigenvalue weighted by Gasteiger charge is 2.17. The summed E-state index contributed by atoms with van der Waals surface area (Å²) in [7, 11) is 0. The summed E-state index contributed by atoms with van der Waals surface area (Å²) in [6.07, 6.45) is 2.69. The smallest absolute Gasteiger partial charge is 0.269 e. The maximum absolute atomic E-state index is 13.2. The third-order valence-corrected chi connectivity index (χ3v) is 4.99. The van der Waals surface area contributed by atoms with E-state index in [4.69, 9.17) is 27.9 Å². The summed E-state index contributed by atoms with van der Waals surface area (Å²) in [6.45, 7) is 0. The molecular weight excluding hydrogens is 463 g/mol.